The Bertz CT molecular complexity index is 1600. The van der Waals surface area contributed by atoms with Gasteiger partial charge in [0.25, 0.3) is 17.6 Å². The number of benzene rings is 1. The quantitative estimate of drug-likeness (QED) is 0.275. The predicted molar refractivity (Wildman–Crippen MR) is 131 cm³/mol. The van der Waals surface area contributed by atoms with E-state index < -0.39 is 24.0 Å². The van der Waals surface area contributed by atoms with Gasteiger partial charge in [-0.15, -0.1) is 4.98 Å². The number of fused-ring (bicyclic) bond motifs is 2. The first-order valence-corrected chi connectivity index (χ1v) is 11.4. The number of carbonyl (C=O) groups excluding carboxylic acids is 3. The van der Waals surface area contributed by atoms with E-state index in [4.69, 9.17) is 6.57 Å². The molecule has 11 heteroatoms. The van der Waals surface area contributed by atoms with Crippen LogP contribution >= 0.6 is 0 Å². The van der Waals surface area contributed by atoms with Gasteiger partial charge in [-0.05, 0) is 41.8 Å². The summed E-state index contributed by atoms with van der Waals surface area (Å²) in [5, 5.41) is 20.4. The van der Waals surface area contributed by atoms with Crippen molar-refractivity contribution in [3.63, 3.8) is 0 Å². The average molecular weight is 495 g/mol. The summed E-state index contributed by atoms with van der Waals surface area (Å²) in [5.74, 6) is -0.919. The van der Waals surface area contributed by atoms with E-state index in [-0.39, 0.29) is 29.5 Å². The number of Topliss-reactive ketones (excluding diaryl/α,β-unsaturated/α-hetero) is 1. The number of carbonyl (C=O) groups is 3. The Labute approximate surface area is 211 Å². The monoisotopic (exact) mass is 495 g/mol. The molecule has 3 N–H and O–H groups in total. The summed E-state index contributed by atoms with van der Waals surface area (Å²) in [6.45, 7) is 8.68. The van der Waals surface area contributed by atoms with E-state index in [0.29, 0.717) is 23.2 Å². The zero-order valence-corrected chi connectivity index (χ0v) is 19.7. The Hall–Kier alpha value is -4.95. The van der Waals surface area contributed by atoms with Crippen LogP contribution in [-0.2, 0) is 13.0 Å². The average Bonchev–Trinajstić information content (AvgIpc) is 3.50. The van der Waals surface area contributed by atoms with Crippen LogP contribution in [0.2, 0.25) is 0 Å². The Balaban J connectivity index is 1.38. The van der Waals surface area contributed by atoms with Crippen molar-refractivity contribution in [1.82, 2.24) is 30.2 Å². The lowest BCUT2D eigenvalue weighted by Crippen LogP contribution is -2.35. The molecule has 37 heavy (non-hydrogen) atoms. The maximum absolute atomic E-state index is 13.3. The summed E-state index contributed by atoms with van der Waals surface area (Å²) >= 11 is 0. The normalized spacial score (nSPS) is 16.1. The molecule has 11 nitrogen and oxygen atoms in total. The first-order chi connectivity index (χ1) is 17.8. The highest BCUT2D eigenvalue weighted by molar-refractivity contribution is 5.98. The lowest BCUT2D eigenvalue weighted by Gasteiger charge is -2.18. The van der Waals surface area contributed by atoms with Crippen molar-refractivity contribution in [3.8, 4) is 0 Å². The number of aliphatic hydroxyl groups is 1. The molecule has 5 rings (SSSR count). The molecule has 0 bridgehead atoms. The summed E-state index contributed by atoms with van der Waals surface area (Å²) < 4.78 is 1.32. The van der Waals surface area contributed by atoms with Gasteiger partial charge in [0.2, 0.25) is 0 Å². The topological polar surface area (TPSA) is 143 Å². The molecule has 0 fully saturated rings. The van der Waals surface area contributed by atoms with Gasteiger partial charge >= 0.3 is 0 Å². The van der Waals surface area contributed by atoms with E-state index in [9.17, 15) is 19.5 Å². The van der Waals surface area contributed by atoms with Crippen LogP contribution in [0.4, 0.5) is 5.82 Å². The Morgan fingerprint density at radius 3 is 2.76 bits per heavy atom. The van der Waals surface area contributed by atoms with Crippen LogP contribution in [0.1, 0.15) is 61.0 Å². The highest BCUT2D eigenvalue weighted by Crippen LogP contribution is 2.32. The van der Waals surface area contributed by atoms with E-state index in [0.717, 1.165) is 11.1 Å². The van der Waals surface area contributed by atoms with Gasteiger partial charge in [-0.2, -0.15) is 5.10 Å². The highest BCUT2D eigenvalue weighted by Gasteiger charge is 2.33. The van der Waals surface area contributed by atoms with Crippen molar-refractivity contribution in [2.45, 2.75) is 32.0 Å². The molecule has 1 aliphatic carbocycles. The third kappa shape index (κ3) is 4.65. The van der Waals surface area contributed by atoms with Crippen molar-refractivity contribution in [3.05, 3.63) is 99.9 Å². The number of rotatable bonds is 6. The standard InChI is InChI=1S/C26H21N7O4/c1-14(34)16-3-4-18-17(10-16)11-21(35)24(18)32-26(37)20-12-19(31-23-6-8-30-33(20)23)25(36)29-13-15-5-7-28-22(9-15)27-2/h3-10,12,21,24,35H,11,13H2,1H3,(H,29,36)(H,32,37)/t21-,24-/m1/s1. The number of nitrogens with zero attached hydrogens (tertiary/aromatic N) is 5. The van der Waals surface area contributed by atoms with Gasteiger partial charge in [0, 0.05) is 30.7 Å². The fourth-order valence-corrected chi connectivity index (χ4v) is 4.34. The summed E-state index contributed by atoms with van der Waals surface area (Å²) in [6.07, 6.45) is 2.38. The first kappa shape index (κ1) is 23.8. The summed E-state index contributed by atoms with van der Waals surface area (Å²) in [4.78, 5) is 49.4. The SMILES string of the molecule is [C-]#[N+]c1cc(CNC(=O)c2cc(C(=O)N[C@@H]3c4ccc(C(C)=O)cc4C[C@H]3O)n3nccc3n2)ccn1. The lowest BCUT2D eigenvalue weighted by atomic mass is 10.0. The second-order valence-corrected chi connectivity index (χ2v) is 8.64. The van der Waals surface area contributed by atoms with Crippen LogP contribution in [0.3, 0.4) is 0 Å². The van der Waals surface area contributed by atoms with Crippen molar-refractivity contribution in [2.24, 2.45) is 0 Å². The van der Waals surface area contributed by atoms with Crippen molar-refractivity contribution < 1.29 is 19.5 Å². The zero-order chi connectivity index (χ0) is 26.1. The van der Waals surface area contributed by atoms with Crippen LogP contribution in [0.25, 0.3) is 10.5 Å². The van der Waals surface area contributed by atoms with Gasteiger partial charge in [-0.1, -0.05) is 18.7 Å². The van der Waals surface area contributed by atoms with Crippen LogP contribution in [0.5, 0.6) is 0 Å². The molecule has 184 valence electrons. The predicted octanol–water partition coefficient (Wildman–Crippen LogP) is 2.20. The minimum absolute atomic E-state index is 0.0103. The number of aliphatic hydroxyl groups excluding tert-OH is 1. The molecule has 2 atom stereocenters. The van der Waals surface area contributed by atoms with Gasteiger partial charge in [-0.3, -0.25) is 14.4 Å². The molecule has 4 aromatic rings. The number of ketones is 1. The van der Waals surface area contributed by atoms with Gasteiger partial charge in [0.15, 0.2) is 11.4 Å². The molecule has 1 aliphatic rings. The summed E-state index contributed by atoms with van der Waals surface area (Å²) in [7, 11) is 0. The van der Waals surface area contributed by atoms with E-state index in [1.807, 2.05) is 0 Å². The molecular formula is C26H21N7O4. The molecule has 0 radical (unpaired) electrons. The Morgan fingerprint density at radius 2 is 1.97 bits per heavy atom. The molecule has 0 saturated carbocycles. The molecule has 0 spiro atoms. The molecule has 3 aromatic heterocycles. The molecule has 0 saturated heterocycles. The summed E-state index contributed by atoms with van der Waals surface area (Å²) in [6, 6.07) is 10.6. The fourth-order valence-electron chi connectivity index (χ4n) is 4.34. The second kappa shape index (κ2) is 9.60. The Morgan fingerprint density at radius 1 is 1.14 bits per heavy atom. The van der Waals surface area contributed by atoms with Gasteiger partial charge in [-0.25, -0.2) is 9.50 Å². The minimum atomic E-state index is -0.875. The van der Waals surface area contributed by atoms with Crippen molar-refractivity contribution in [2.75, 3.05) is 0 Å². The number of nitrogens with one attached hydrogen (secondary N) is 2. The third-order valence-electron chi connectivity index (χ3n) is 6.19. The molecule has 0 unspecified atom stereocenters. The molecule has 2 amide bonds. The molecule has 3 heterocycles. The number of hydrogen-bond acceptors (Lipinski definition) is 7. The van der Waals surface area contributed by atoms with E-state index in [1.54, 1.807) is 36.4 Å². The van der Waals surface area contributed by atoms with Crippen molar-refractivity contribution >= 4 is 29.1 Å². The van der Waals surface area contributed by atoms with Gasteiger partial charge < -0.3 is 20.6 Å². The number of pyridine rings is 1. The maximum Gasteiger partial charge on any atom is 0.270 e. The lowest BCUT2D eigenvalue weighted by molar-refractivity contribution is 0.0850. The zero-order valence-electron chi connectivity index (χ0n) is 19.7. The molecule has 1 aromatic carbocycles. The Kier molecular flexibility index (Phi) is 6.17. The smallest absolute Gasteiger partial charge is 0.270 e. The third-order valence-corrected chi connectivity index (χ3v) is 6.19. The summed E-state index contributed by atoms with van der Waals surface area (Å²) in [5.41, 5.74) is 3.14. The van der Waals surface area contributed by atoms with E-state index >= 15 is 0 Å². The number of aromatic nitrogens is 4. The number of hydrogen-bond donors (Lipinski definition) is 3. The van der Waals surface area contributed by atoms with Crippen LogP contribution in [0, 0.1) is 6.57 Å². The number of amides is 2. The fraction of sp³-hybridized carbons (Fsp3) is 0.192. The van der Waals surface area contributed by atoms with E-state index in [1.165, 1.54) is 29.9 Å². The highest BCUT2D eigenvalue weighted by atomic mass is 16.3. The molecule has 0 aliphatic heterocycles. The maximum atomic E-state index is 13.3. The first-order valence-electron chi connectivity index (χ1n) is 11.4. The minimum Gasteiger partial charge on any atom is -0.390 e. The second-order valence-electron chi connectivity index (χ2n) is 8.64. The van der Waals surface area contributed by atoms with E-state index in [2.05, 4.69) is 30.5 Å². The van der Waals surface area contributed by atoms with Crippen LogP contribution < -0.4 is 10.6 Å². The van der Waals surface area contributed by atoms with Gasteiger partial charge in [0.05, 0.1) is 18.3 Å². The largest absolute Gasteiger partial charge is 0.390 e. The van der Waals surface area contributed by atoms with Crippen molar-refractivity contribution in [1.29, 1.82) is 0 Å². The molecular weight excluding hydrogens is 474 g/mol. The van der Waals surface area contributed by atoms with Crippen LogP contribution in [0.15, 0.2) is 54.9 Å². The van der Waals surface area contributed by atoms with Crippen LogP contribution in [-0.4, -0.2) is 48.4 Å². The van der Waals surface area contributed by atoms with Gasteiger partial charge in [0.1, 0.15) is 17.6 Å².